The molecule has 0 spiro atoms. The van der Waals surface area contributed by atoms with E-state index in [9.17, 15) is 4.79 Å². The molecule has 2 aromatic carbocycles. The van der Waals surface area contributed by atoms with E-state index in [1.54, 1.807) is 25.3 Å². The smallest absolute Gasteiger partial charge is 0.328 e. The summed E-state index contributed by atoms with van der Waals surface area (Å²) in [6.45, 7) is 0.711. The van der Waals surface area contributed by atoms with Crippen LogP contribution < -0.4 is 18.9 Å². The highest BCUT2D eigenvalue weighted by Crippen LogP contribution is 2.28. The van der Waals surface area contributed by atoms with Gasteiger partial charge in [0.15, 0.2) is 11.5 Å². The molecule has 132 valence electrons. The van der Waals surface area contributed by atoms with E-state index < -0.39 is 5.97 Å². The van der Waals surface area contributed by atoms with E-state index in [1.807, 2.05) is 24.3 Å². The van der Waals surface area contributed by atoms with E-state index in [4.69, 9.17) is 24.1 Å². The van der Waals surface area contributed by atoms with E-state index in [-0.39, 0.29) is 0 Å². The van der Waals surface area contributed by atoms with Gasteiger partial charge in [-0.05, 0) is 48.0 Å². The van der Waals surface area contributed by atoms with Crippen LogP contribution in [0.15, 0.2) is 48.5 Å². The van der Waals surface area contributed by atoms with E-state index in [1.165, 1.54) is 13.2 Å². The first-order valence-electron chi connectivity index (χ1n) is 7.61. The van der Waals surface area contributed by atoms with Gasteiger partial charge in [-0.25, -0.2) is 4.79 Å². The Bertz CT molecular complexity index is 721. The highest BCUT2D eigenvalue weighted by molar-refractivity contribution is 5.85. The molecule has 0 saturated carbocycles. The molecular formula is C19H20O6. The summed E-state index contributed by atoms with van der Waals surface area (Å²) in [5, 5.41) is 8.66. The number of rotatable bonds is 9. The molecule has 0 aliphatic heterocycles. The molecular weight excluding hydrogens is 324 g/mol. The number of ether oxygens (including phenoxy) is 4. The van der Waals surface area contributed by atoms with Crippen molar-refractivity contribution in [3.63, 3.8) is 0 Å². The summed E-state index contributed by atoms with van der Waals surface area (Å²) in [5.41, 5.74) is 0.709. The van der Waals surface area contributed by atoms with Crippen molar-refractivity contribution < 1.29 is 28.8 Å². The van der Waals surface area contributed by atoms with Crippen molar-refractivity contribution in [2.45, 2.75) is 0 Å². The number of hydrogen-bond donors (Lipinski definition) is 1. The molecule has 0 aliphatic rings. The molecule has 6 heteroatoms. The van der Waals surface area contributed by atoms with Gasteiger partial charge in [0, 0.05) is 6.08 Å². The Kier molecular flexibility index (Phi) is 6.71. The number of carboxylic acid groups (broad SMARTS) is 1. The number of benzene rings is 2. The third-order valence-electron chi connectivity index (χ3n) is 3.28. The van der Waals surface area contributed by atoms with Crippen molar-refractivity contribution >= 4 is 12.0 Å². The Balaban J connectivity index is 1.87. The summed E-state index contributed by atoms with van der Waals surface area (Å²) in [6.07, 6.45) is 2.55. The summed E-state index contributed by atoms with van der Waals surface area (Å²) in [4.78, 5) is 10.6. The monoisotopic (exact) mass is 344 g/mol. The Hall–Kier alpha value is -3.15. The Morgan fingerprint density at radius 3 is 2.24 bits per heavy atom. The Morgan fingerprint density at radius 2 is 1.60 bits per heavy atom. The highest BCUT2D eigenvalue weighted by atomic mass is 16.5. The van der Waals surface area contributed by atoms with E-state index in [0.29, 0.717) is 30.3 Å². The third kappa shape index (κ3) is 5.76. The fraction of sp³-hybridized carbons (Fsp3) is 0.211. The van der Waals surface area contributed by atoms with Gasteiger partial charge >= 0.3 is 5.97 Å². The van der Waals surface area contributed by atoms with Gasteiger partial charge in [-0.15, -0.1) is 0 Å². The zero-order chi connectivity index (χ0) is 18.1. The number of aliphatic carboxylic acids is 1. The first-order chi connectivity index (χ1) is 12.1. The molecule has 1 N–H and O–H groups in total. The number of carbonyl (C=O) groups is 1. The Morgan fingerprint density at radius 1 is 0.920 bits per heavy atom. The second kappa shape index (κ2) is 9.22. The summed E-state index contributed by atoms with van der Waals surface area (Å²) in [6, 6.07) is 12.5. The normalized spacial score (nSPS) is 10.5. The fourth-order valence-corrected chi connectivity index (χ4v) is 2.06. The molecule has 0 aromatic heterocycles. The van der Waals surface area contributed by atoms with Crippen LogP contribution in [0.3, 0.4) is 0 Å². The van der Waals surface area contributed by atoms with Gasteiger partial charge < -0.3 is 24.1 Å². The maximum absolute atomic E-state index is 10.6. The Labute approximate surface area is 146 Å². The van der Waals surface area contributed by atoms with Crippen LogP contribution in [0.25, 0.3) is 6.08 Å². The third-order valence-corrected chi connectivity index (χ3v) is 3.28. The lowest BCUT2D eigenvalue weighted by Crippen LogP contribution is -2.09. The van der Waals surface area contributed by atoms with Crippen LogP contribution in [0.4, 0.5) is 0 Å². The van der Waals surface area contributed by atoms with E-state index in [2.05, 4.69) is 0 Å². The molecule has 0 amide bonds. The van der Waals surface area contributed by atoms with Crippen molar-refractivity contribution in [2.75, 3.05) is 27.4 Å². The van der Waals surface area contributed by atoms with Crippen molar-refractivity contribution in [1.82, 2.24) is 0 Å². The molecule has 6 nitrogen and oxygen atoms in total. The molecule has 0 atom stereocenters. The van der Waals surface area contributed by atoms with Gasteiger partial charge in [0.25, 0.3) is 0 Å². The van der Waals surface area contributed by atoms with Crippen molar-refractivity contribution in [3.8, 4) is 23.0 Å². The van der Waals surface area contributed by atoms with Gasteiger partial charge in [-0.1, -0.05) is 6.07 Å². The zero-order valence-corrected chi connectivity index (χ0v) is 14.1. The summed E-state index contributed by atoms with van der Waals surface area (Å²) < 4.78 is 21.6. The van der Waals surface area contributed by atoms with Crippen LogP contribution in [0, 0.1) is 0 Å². The lowest BCUT2D eigenvalue weighted by atomic mass is 10.2. The van der Waals surface area contributed by atoms with Gasteiger partial charge in [-0.2, -0.15) is 0 Å². The predicted octanol–water partition coefficient (Wildman–Crippen LogP) is 3.26. The molecule has 25 heavy (non-hydrogen) atoms. The van der Waals surface area contributed by atoms with E-state index in [0.717, 1.165) is 17.6 Å². The number of methoxy groups -OCH3 is 2. The summed E-state index contributed by atoms with van der Waals surface area (Å²) >= 11 is 0. The topological polar surface area (TPSA) is 74.2 Å². The van der Waals surface area contributed by atoms with Crippen LogP contribution in [0.2, 0.25) is 0 Å². The van der Waals surface area contributed by atoms with Crippen LogP contribution in [-0.2, 0) is 4.79 Å². The molecule has 0 bridgehead atoms. The number of carboxylic acids is 1. The average molecular weight is 344 g/mol. The van der Waals surface area contributed by atoms with Crippen LogP contribution >= 0.6 is 0 Å². The molecule has 0 radical (unpaired) electrons. The summed E-state index contributed by atoms with van der Waals surface area (Å²) in [5.74, 6) is 1.58. The predicted molar refractivity (Wildman–Crippen MR) is 93.6 cm³/mol. The molecule has 0 saturated heterocycles. The van der Waals surface area contributed by atoms with Crippen molar-refractivity contribution in [2.24, 2.45) is 0 Å². The van der Waals surface area contributed by atoms with Gasteiger partial charge in [0.05, 0.1) is 14.2 Å². The quantitative estimate of drug-likeness (QED) is 0.556. The molecule has 0 fully saturated rings. The molecule has 0 aliphatic carbocycles. The first-order valence-corrected chi connectivity index (χ1v) is 7.61. The first kappa shape index (κ1) is 18.2. The second-order valence-corrected chi connectivity index (χ2v) is 4.95. The van der Waals surface area contributed by atoms with Crippen molar-refractivity contribution in [3.05, 3.63) is 54.1 Å². The molecule has 0 heterocycles. The second-order valence-electron chi connectivity index (χ2n) is 4.95. The lowest BCUT2D eigenvalue weighted by Gasteiger charge is -2.12. The fourth-order valence-electron chi connectivity index (χ4n) is 2.06. The summed E-state index contributed by atoms with van der Waals surface area (Å²) in [7, 11) is 3.14. The van der Waals surface area contributed by atoms with Crippen LogP contribution in [0.5, 0.6) is 23.0 Å². The average Bonchev–Trinajstić information content (AvgIpc) is 2.64. The van der Waals surface area contributed by atoms with Gasteiger partial charge in [-0.3, -0.25) is 0 Å². The SMILES string of the molecule is COc1ccc(OCCOc2ccc(/C=C/C(=O)O)cc2OC)cc1. The molecule has 2 aromatic rings. The lowest BCUT2D eigenvalue weighted by molar-refractivity contribution is -0.131. The molecule has 2 rings (SSSR count). The minimum atomic E-state index is -1.00. The largest absolute Gasteiger partial charge is 0.497 e. The minimum Gasteiger partial charge on any atom is -0.497 e. The van der Waals surface area contributed by atoms with Gasteiger partial charge in [0.2, 0.25) is 0 Å². The minimum absolute atomic E-state index is 0.340. The molecule has 0 unspecified atom stereocenters. The standard InChI is InChI=1S/C19H20O6/c1-22-15-5-7-16(8-6-15)24-11-12-25-17-9-3-14(4-10-19(20)21)13-18(17)23-2/h3-10,13H,11-12H2,1-2H3,(H,20,21)/b10-4+. The zero-order valence-electron chi connectivity index (χ0n) is 14.1. The van der Waals surface area contributed by atoms with Crippen molar-refractivity contribution in [1.29, 1.82) is 0 Å². The van der Waals surface area contributed by atoms with Crippen LogP contribution in [0.1, 0.15) is 5.56 Å². The van der Waals surface area contributed by atoms with Gasteiger partial charge in [0.1, 0.15) is 24.7 Å². The van der Waals surface area contributed by atoms with E-state index >= 15 is 0 Å². The number of hydrogen-bond acceptors (Lipinski definition) is 5. The highest BCUT2D eigenvalue weighted by Gasteiger charge is 2.05. The maximum atomic E-state index is 10.6. The maximum Gasteiger partial charge on any atom is 0.328 e. The van der Waals surface area contributed by atoms with Crippen LogP contribution in [-0.4, -0.2) is 38.5 Å².